The van der Waals surface area contributed by atoms with Gasteiger partial charge in [0.1, 0.15) is 11.5 Å². The quantitative estimate of drug-likeness (QED) is 0.508. The van der Waals surface area contributed by atoms with Crippen LogP contribution in [-0.4, -0.2) is 9.97 Å². The number of hydrogen-bond donors (Lipinski definition) is 0. The topological polar surface area (TPSA) is 42.8 Å². The summed E-state index contributed by atoms with van der Waals surface area (Å²) in [7, 11) is 0. The molecule has 2 aromatic heterocycles. The molecule has 2 heterocycles. The molecule has 0 saturated carbocycles. The minimum atomic E-state index is -1.84. The van der Waals surface area contributed by atoms with E-state index < -0.39 is 7.59 Å². The maximum Gasteiger partial charge on any atom is 0.327 e. The molecule has 0 atom stereocenters. The van der Waals surface area contributed by atoms with Crippen molar-refractivity contribution in [1.82, 2.24) is 9.97 Å². The minimum Gasteiger partial charge on any atom is -0.462 e. The molecule has 0 fully saturated rings. The number of halogens is 6. The Hall–Kier alpha value is -0.230. The van der Waals surface area contributed by atoms with Gasteiger partial charge >= 0.3 is 5.82 Å². The largest absolute Gasteiger partial charge is 0.462 e. The van der Waals surface area contributed by atoms with E-state index in [2.05, 4.69) is 9.97 Å². The van der Waals surface area contributed by atoms with Crippen molar-refractivity contribution in [3.05, 3.63) is 41.6 Å². The van der Waals surface area contributed by atoms with E-state index in [1.165, 1.54) is 10.9 Å². The number of hydrogen-bond acceptors (Lipinski definition) is 3. The van der Waals surface area contributed by atoms with E-state index in [-0.39, 0.29) is 11.6 Å². The first-order valence-electron chi connectivity index (χ1n) is 5.74. The molecule has 0 aromatic carbocycles. The van der Waals surface area contributed by atoms with E-state index in [4.69, 9.17) is 74.0 Å². The van der Waals surface area contributed by atoms with Crippen molar-refractivity contribution in [1.29, 1.82) is 0 Å². The van der Waals surface area contributed by atoms with Crippen molar-refractivity contribution in [2.45, 2.75) is 14.5 Å². The second-order valence-electron chi connectivity index (χ2n) is 4.17. The van der Waals surface area contributed by atoms with E-state index in [0.717, 1.165) is 5.76 Å². The van der Waals surface area contributed by atoms with Gasteiger partial charge in [-0.15, -0.1) is 0 Å². The summed E-state index contributed by atoms with van der Waals surface area (Å²) in [4.78, 5) is 7.95. The molecule has 4 nitrogen and oxygen atoms in total. The van der Waals surface area contributed by atoms with E-state index in [1.807, 2.05) is 13.0 Å². The average Bonchev–Trinajstić information content (AvgIpc) is 2.80. The molecule has 0 aliphatic carbocycles. The molecule has 0 bridgehead atoms. The van der Waals surface area contributed by atoms with Crippen LogP contribution < -0.4 is 4.57 Å². The Morgan fingerprint density at radius 1 is 1.09 bits per heavy atom. The zero-order valence-electron chi connectivity index (χ0n) is 10.9. The van der Waals surface area contributed by atoms with E-state index in [0.29, 0.717) is 5.76 Å². The number of nitrogens with zero attached hydrogens (tertiary/aromatic N) is 3. The van der Waals surface area contributed by atoms with Gasteiger partial charge in [0.15, 0.2) is 0 Å². The smallest absolute Gasteiger partial charge is 0.327 e. The van der Waals surface area contributed by atoms with Crippen LogP contribution in [0.4, 0.5) is 0 Å². The van der Waals surface area contributed by atoms with E-state index in [9.17, 15) is 0 Å². The normalized spacial score (nSPS) is 13.0. The number of rotatable bonds is 2. The molecule has 0 amide bonds. The summed E-state index contributed by atoms with van der Waals surface area (Å²) >= 11 is 34.9. The van der Waals surface area contributed by atoms with E-state index in [1.54, 1.807) is 18.3 Å². The van der Waals surface area contributed by atoms with Gasteiger partial charge in [0, 0.05) is 6.08 Å². The predicted molar refractivity (Wildman–Crippen MR) is 89.4 cm³/mol. The van der Waals surface area contributed by atoms with Crippen LogP contribution >= 0.6 is 69.6 Å². The Labute approximate surface area is 156 Å². The monoisotopic (exact) mass is 420 g/mol. The summed E-state index contributed by atoms with van der Waals surface area (Å²) in [5.41, 5.74) is 0. The summed E-state index contributed by atoms with van der Waals surface area (Å²) in [6.45, 7) is 1.83. The Bertz CT molecular complexity index is 702. The Kier molecular flexibility index (Phi) is 5.53. The van der Waals surface area contributed by atoms with Crippen LogP contribution in [0.15, 0.2) is 22.9 Å². The molecular formula is C12H8Cl6N3O+. The van der Waals surface area contributed by atoms with Gasteiger partial charge in [-0.2, -0.15) is 0 Å². The first kappa shape index (κ1) is 18.1. The lowest BCUT2D eigenvalue weighted by atomic mass is 10.4. The summed E-state index contributed by atoms with van der Waals surface area (Å²) in [6, 6.07) is 3.61. The molecule has 0 unspecified atom stereocenters. The first-order chi connectivity index (χ1) is 10.1. The van der Waals surface area contributed by atoms with Crippen LogP contribution in [0.1, 0.15) is 23.2 Å². The second-order valence-corrected chi connectivity index (χ2v) is 8.73. The molecule has 22 heavy (non-hydrogen) atoms. The molecule has 0 N–H and O–H groups in total. The second kappa shape index (κ2) is 6.71. The number of aromatic nitrogens is 3. The highest BCUT2D eigenvalue weighted by Gasteiger charge is 2.40. The van der Waals surface area contributed by atoms with Gasteiger partial charge in [0.2, 0.25) is 6.33 Å². The van der Waals surface area contributed by atoms with Crippen molar-refractivity contribution in [3.63, 3.8) is 0 Å². The summed E-state index contributed by atoms with van der Waals surface area (Å²) in [5.74, 6) is 1.31. The van der Waals surface area contributed by atoms with Gasteiger partial charge < -0.3 is 4.42 Å². The van der Waals surface area contributed by atoms with Gasteiger partial charge in [-0.1, -0.05) is 79.6 Å². The van der Waals surface area contributed by atoms with Crippen molar-refractivity contribution in [2.24, 2.45) is 0 Å². The molecule has 2 aromatic rings. The maximum absolute atomic E-state index is 5.90. The maximum atomic E-state index is 5.90. The predicted octanol–water partition coefficient (Wildman–Crippen LogP) is 4.95. The van der Waals surface area contributed by atoms with Crippen molar-refractivity contribution in [3.8, 4) is 0 Å². The standard InChI is InChI=1S/C12H8Cl6N3O/c1-7-2-3-8(22-7)4-5-21-6-19-9(11(13,14)15)20-10(21)12(16,17)18/h2-6H,1H3/q+1. The van der Waals surface area contributed by atoms with Crippen molar-refractivity contribution < 1.29 is 8.98 Å². The van der Waals surface area contributed by atoms with Crippen molar-refractivity contribution in [2.75, 3.05) is 0 Å². The van der Waals surface area contributed by atoms with Crippen LogP contribution in [0, 0.1) is 6.92 Å². The Morgan fingerprint density at radius 2 is 1.77 bits per heavy atom. The average molecular weight is 423 g/mol. The third-order valence-corrected chi connectivity index (χ3v) is 3.44. The SMILES string of the molecule is Cc1ccc(C=C[n+]2cnc(C(Cl)(Cl)Cl)nc2C(Cl)(Cl)Cl)o1. The van der Waals surface area contributed by atoms with Gasteiger partial charge in [-0.05, 0) is 19.1 Å². The van der Waals surface area contributed by atoms with Gasteiger partial charge in [0.05, 0.1) is 6.20 Å². The lowest BCUT2D eigenvalue weighted by Gasteiger charge is -2.10. The molecule has 0 aliphatic rings. The molecular weight excluding hydrogens is 415 g/mol. The van der Waals surface area contributed by atoms with E-state index >= 15 is 0 Å². The zero-order valence-corrected chi connectivity index (χ0v) is 15.4. The summed E-state index contributed by atoms with van der Waals surface area (Å²) in [5, 5.41) is 0. The van der Waals surface area contributed by atoms with Crippen LogP contribution in [-0.2, 0) is 7.59 Å². The number of alkyl halides is 6. The molecule has 0 aliphatic heterocycles. The summed E-state index contributed by atoms with van der Waals surface area (Å²) < 4.78 is 3.13. The van der Waals surface area contributed by atoms with Crippen LogP contribution in [0.2, 0.25) is 0 Å². The van der Waals surface area contributed by atoms with Gasteiger partial charge in [0.25, 0.3) is 13.4 Å². The summed E-state index contributed by atoms with van der Waals surface area (Å²) in [6.07, 6.45) is 4.55. The third kappa shape index (κ3) is 4.63. The molecule has 118 valence electrons. The minimum absolute atomic E-state index is 0.0216. The molecule has 0 spiro atoms. The fraction of sp³-hybridized carbons (Fsp3) is 0.250. The molecule has 0 saturated heterocycles. The van der Waals surface area contributed by atoms with Crippen LogP contribution in [0.3, 0.4) is 0 Å². The highest BCUT2D eigenvalue weighted by molar-refractivity contribution is 6.67. The lowest BCUT2D eigenvalue weighted by molar-refractivity contribution is -0.584. The third-order valence-electron chi connectivity index (χ3n) is 2.43. The Balaban J connectivity index is 2.44. The lowest BCUT2D eigenvalue weighted by Crippen LogP contribution is -2.39. The zero-order chi connectivity index (χ0) is 16.5. The fourth-order valence-electron chi connectivity index (χ4n) is 1.51. The number of furan rings is 1. The number of aryl methyl sites for hydroxylation is 1. The van der Waals surface area contributed by atoms with Gasteiger partial charge in [-0.3, -0.25) is 0 Å². The Morgan fingerprint density at radius 3 is 2.27 bits per heavy atom. The van der Waals surface area contributed by atoms with Crippen molar-refractivity contribution >= 4 is 81.9 Å². The highest BCUT2D eigenvalue weighted by atomic mass is 35.6. The van der Waals surface area contributed by atoms with Gasteiger partial charge in [-0.25, -0.2) is 4.57 Å². The van der Waals surface area contributed by atoms with Crippen LogP contribution in [0.25, 0.3) is 12.3 Å². The fourth-order valence-corrected chi connectivity index (χ4v) is 2.20. The first-order valence-corrected chi connectivity index (χ1v) is 8.01. The molecule has 2 rings (SSSR count). The van der Waals surface area contributed by atoms with Crippen LogP contribution in [0.5, 0.6) is 0 Å². The highest BCUT2D eigenvalue weighted by Crippen LogP contribution is 2.39. The molecule has 10 heteroatoms. The molecule has 0 radical (unpaired) electrons.